The molecule has 1 aliphatic rings. The van der Waals surface area contributed by atoms with Crippen molar-refractivity contribution in [1.82, 2.24) is 24.7 Å². The van der Waals surface area contributed by atoms with E-state index >= 15 is 0 Å². The standard InChI is InChI=1S/C21H26FN7O3/c1-13-9-29-10-14(6-17(22)19(29)25-13)26-20(30)16-8-24-21(27-18(16)12-31-3)28(2)11-15-7-23-4-5-32-15/h6,8-10,15,23H,4-5,7,11-12H2,1-3H3,(H,26,30). The van der Waals surface area contributed by atoms with Crippen molar-refractivity contribution in [2.24, 2.45) is 0 Å². The van der Waals surface area contributed by atoms with Crippen LogP contribution in [0, 0.1) is 12.7 Å². The molecule has 3 aromatic heterocycles. The molecule has 1 fully saturated rings. The number of hydrogen-bond donors (Lipinski definition) is 2. The van der Waals surface area contributed by atoms with Gasteiger partial charge in [0.15, 0.2) is 11.5 Å². The topological polar surface area (TPSA) is 106 Å². The van der Waals surface area contributed by atoms with Crippen molar-refractivity contribution in [3.8, 4) is 0 Å². The molecule has 170 valence electrons. The molecule has 4 rings (SSSR count). The Morgan fingerprint density at radius 1 is 1.44 bits per heavy atom. The third kappa shape index (κ3) is 4.85. The Morgan fingerprint density at radius 3 is 3.03 bits per heavy atom. The van der Waals surface area contributed by atoms with Crippen LogP contribution in [-0.2, 0) is 16.1 Å². The van der Waals surface area contributed by atoms with Crippen LogP contribution in [0.15, 0.2) is 24.7 Å². The summed E-state index contributed by atoms with van der Waals surface area (Å²) >= 11 is 0. The lowest BCUT2D eigenvalue weighted by Crippen LogP contribution is -2.44. The molecule has 0 aromatic carbocycles. The van der Waals surface area contributed by atoms with E-state index in [9.17, 15) is 9.18 Å². The largest absolute Gasteiger partial charge is 0.378 e. The van der Waals surface area contributed by atoms with E-state index in [4.69, 9.17) is 9.47 Å². The van der Waals surface area contributed by atoms with Crippen LogP contribution in [0.1, 0.15) is 21.7 Å². The number of carbonyl (C=O) groups is 1. The lowest BCUT2D eigenvalue weighted by molar-refractivity contribution is 0.0338. The molecule has 1 unspecified atom stereocenters. The number of anilines is 2. The van der Waals surface area contributed by atoms with E-state index in [1.807, 2.05) is 11.9 Å². The number of carbonyl (C=O) groups excluding carboxylic acids is 1. The third-order valence-electron chi connectivity index (χ3n) is 5.09. The zero-order valence-electron chi connectivity index (χ0n) is 18.3. The maximum atomic E-state index is 14.3. The molecule has 1 aliphatic heterocycles. The summed E-state index contributed by atoms with van der Waals surface area (Å²) in [4.78, 5) is 27.8. The van der Waals surface area contributed by atoms with Gasteiger partial charge in [0.05, 0.1) is 42.0 Å². The van der Waals surface area contributed by atoms with Crippen LogP contribution in [0.5, 0.6) is 0 Å². The average molecular weight is 443 g/mol. The van der Waals surface area contributed by atoms with Gasteiger partial charge in [-0.25, -0.2) is 19.3 Å². The number of rotatable bonds is 7. The molecule has 1 atom stereocenters. The average Bonchev–Trinajstić information content (AvgIpc) is 3.15. The van der Waals surface area contributed by atoms with Gasteiger partial charge >= 0.3 is 0 Å². The molecule has 2 N–H and O–H groups in total. The number of likely N-dealkylation sites (N-methyl/N-ethyl adjacent to an activating group) is 1. The highest BCUT2D eigenvalue weighted by Crippen LogP contribution is 2.19. The second-order valence-electron chi connectivity index (χ2n) is 7.68. The predicted octanol–water partition coefficient (Wildman–Crippen LogP) is 1.40. The van der Waals surface area contributed by atoms with Gasteiger partial charge in [0, 0.05) is 58.4 Å². The molecule has 11 heteroatoms. The van der Waals surface area contributed by atoms with Crippen molar-refractivity contribution in [3.05, 3.63) is 47.4 Å². The van der Waals surface area contributed by atoms with Gasteiger partial charge in [-0.15, -0.1) is 0 Å². The fraction of sp³-hybridized carbons (Fsp3) is 0.429. The molecule has 3 aromatic rings. The first-order chi connectivity index (χ1) is 15.4. The summed E-state index contributed by atoms with van der Waals surface area (Å²) in [5.41, 5.74) is 1.86. The highest BCUT2D eigenvalue weighted by molar-refractivity contribution is 6.04. The smallest absolute Gasteiger partial charge is 0.259 e. The first-order valence-corrected chi connectivity index (χ1v) is 10.3. The van der Waals surface area contributed by atoms with Crippen molar-refractivity contribution in [1.29, 1.82) is 0 Å². The van der Waals surface area contributed by atoms with Gasteiger partial charge in [-0.1, -0.05) is 0 Å². The molecule has 0 spiro atoms. The number of hydrogen-bond acceptors (Lipinski definition) is 8. The van der Waals surface area contributed by atoms with E-state index in [-0.39, 0.29) is 23.9 Å². The molecule has 0 saturated carbocycles. The van der Waals surface area contributed by atoms with Crippen LogP contribution in [0.25, 0.3) is 5.65 Å². The molecule has 32 heavy (non-hydrogen) atoms. The number of ether oxygens (including phenoxy) is 2. The van der Waals surface area contributed by atoms with E-state index in [1.165, 1.54) is 23.8 Å². The van der Waals surface area contributed by atoms with Crippen LogP contribution in [0.4, 0.5) is 16.0 Å². The van der Waals surface area contributed by atoms with E-state index in [1.54, 1.807) is 19.3 Å². The van der Waals surface area contributed by atoms with Crippen molar-refractivity contribution >= 4 is 23.2 Å². The highest BCUT2D eigenvalue weighted by Gasteiger charge is 2.20. The molecule has 1 amide bonds. The predicted molar refractivity (Wildman–Crippen MR) is 116 cm³/mol. The molecule has 0 aliphatic carbocycles. The minimum Gasteiger partial charge on any atom is -0.378 e. The highest BCUT2D eigenvalue weighted by atomic mass is 19.1. The molecular weight excluding hydrogens is 417 g/mol. The number of halogens is 1. The summed E-state index contributed by atoms with van der Waals surface area (Å²) in [5.74, 6) is -0.522. The SMILES string of the molecule is COCc1nc(N(C)CC2CNCCO2)ncc1C(=O)Nc1cc(F)c2nc(C)cn2c1. The van der Waals surface area contributed by atoms with Gasteiger partial charge in [-0.05, 0) is 6.92 Å². The van der Waals surface area contributed by atoms with E-state index < -0.39 is 11.7 Å². The van der Waals surface area contributed by atoms with Crippen molar-refractivity contribution in [2.75, 3.05) is 50.6 Å². The Morgan fingerprint density at radius 2 is 2.28 bits per heavy atom. The van der Waals surface area contributed by atoms with Crippen LogP contribution in [0.3, 0.4) is 0 Å². The number of nitrogens with one attached hydrogen (secondary N) is 2. The van der Waals surface area contributed by atoms with Crippen LogP contribution >= 0.6 is 0 Å². The molecule has 10 nitrogen and oxygen atoms in total. The molecule has 4 heterocycles. The first-order valence-electron chi connectivity index (χ1n) is 10.3. The van der Waals surface area contributed by atoms with Gasteiger partial charge in [-0.3, -0.25) is 4.79 Å². The molecule has 0 bridgehead atoms. The minimum atomic E-state index is -0.527. The van der Waals surface area contributed by atoms with E-state index in [0.717, 1.165) is 13.1 Å². The number of pyridine rings is 1. The summed E-state index contributed by atoms with van der Waals surface area (Å²) in [6.07, 6.45) is 4.78. The van der Waals surface area contributed by atoms with Crippen molar-refractivity contribution in [3.63, 3.8) is 0 Å². The van der Waals surface area contributed by atoms with Crippen LogP contribution in [-0.4, -0.2) is 71.8 Å². The summed E-state index contributed by atoms with van der Waals surface area (Å²) < 4.78 is 26.9. The lowest BCUT2D eigenvalue weighted by atomic mass is 10.2. The number of methoxy groups -OCH3 is 1. The Bertz CT molecular complexity index is 1110. The number of morpholine rings is 1. The normalized spacial score (nSPS) is 16.3. The second kappa shape index (κ2) is 9.55. The Kier molecular flexibility index (Phi) is 6.58. The molecule has 0 radical (unpaired) electrons. The number of aromatic nitrogens is 4. The Balaban J connectivity index is 1.53. The minimum absolute atomic E-state index is 0.0304. The fourth-order valence-corrected chi connectivity index (χ4v) is 3.60. The Hall–Kier alpha value is -3.15. The number of nitrogens with zero attached hydrogens (tertiary/aromatic N) is 5. The maximum absolute atomic E-state index is 14.3. The van der Waals surface area contributed by atoms with E-state index in [2.05, 4.69) is 25.6 Å². The fourth-order valence-electron chi connectivity index (χ4n) is 3.60. The van der Waals surface area contributed by atoms with Gasteiger partial charge in [-0.2, -0.15) is 0 Å². The van der Waals surface area contributed by atoms with Gasteiger partial charge in [0.25, 0.3) is 5.91 Å². The number of amides is 1. The van der Waals surface area contributed by atoms with Gasteiger partial charge in [0.1, 0.15) is 0 Å². The number of imidazole rings is 1. The maximum Gasteiger partial charge on any atom is 0.259 e. The van der Waals surface area contributed by atoms with Crippen molar-refractivity contribution < 1.29 is 18.7 Å². The van der Waals surface area contributed by atoms with Gasteiger partial charge < -0.3 is 29.4 Å². The second-order valence-corrected chi connectivity index (χ2v) is 7.68. The van der Waals surface area contributed by atoms with Crippen LogP contribution in [0.2, 0.25) is 0 Å². The zero-order valence-corrected chi connectivity index (χ0v) is 18.3. The lowest BCUT2D eigenvalue weighted by Gasteiger charge is -2.28. The summed E-state index contributed by atoms with van der Waals surface area (Å²) in [6.45, 7) is 4.77. The summed E-state index contributed by atoms with van der Waals surface area (Å²) in [7, 11) is 3.40. The molecular formula is C21H26FN7O3. The van der Waals surface area contributed by atoms with Crippen LogP contribution < -0.4 is 15.5 Å². The van der Waals surface area contributed by atoms with Gasteiger partial charge in [0.2, 0.25) is 5.95 Å². The quantitative estimate of drug-likeness (QED) is 0.565. The first kappa shape index (κ1) is 22.1. The van der Waals surface area contributed by atoms with E-state index in [0.29, 0.717) is 36.2 Å². The number of aryl methyl sites for hydroxylation is 1. The summed E-state index contributed by atoms with van der Waals surface area (Å²) in [5, 5.41) is 6.00. The summed E-state index contributed by atoms with van der Waals surface area (Å²) in [6, 6.07) is 1.23. The third-order valence-corrected chi connectivity index (χ3v) is 5.09. The zero-order chi connectivity index (χ0) is 22.7. The Labute approximate surface area is 184 Å². The number of fused-ring (bicyclic) bond motifs is 1. The monoisotopic (exact) mass is 443 g/mol. The van der Waals surface area contributed by atoms with Crippen molar-refractivity contribution in [2.45, 2.75) is 19.6 Å². The molecule has 1 saturated heterocycles.